The van der Waals surface area contributed by atoms with Crippen molar-refractivity contribution in [3.63, 3.8) is 0 Å². The first-order valence-corrected chi connectivity index (χ1v) is 5.82. The zero-order valence-electron chi connectivity index (χ0n) is 10.6. The summed E-state index contributed by atoms with van der Waals surface area (Å²) in [5.74, 6) is 0.249. The third kappa shape index (κ3) is 3.78. The summed E-state index contributed by atoms with van der Waals surface area (Å²) < 4.78 is 0. The lowest BCUT2D eigenvalue weighted by molar-refractivity contribution is -0.384. The molecule has 1 aromatic heterocycles. The van der Waals surface area contributed by atoms with E-state index in [1.54, 1.807) is 11.9 Å². The molecule has 1 rings (SSSR count). The average Bonchev–Trinajstić information content (AvgIpc) is 2.27. The van der Waals surface area contributed by atoms with Crippen molar-refractivity contribution >= 4 is 23.1 Å². The quantitative estimate of drug-likeness (QED) is 0.443. The smallest absolute Gasteiger partial charge is 0.348 e. The van der Waals surface area contributed by atoms with E-state index >= 15 is 0 Å². The van der Waals surface area contributed by atoms with Crippen LogP contribution >= 0.6 is 11.6 Å². The fourth-order valence-corrected chi connectivity index (χ4v) is 1.71. The minimum absolute atomic E-state index is 0.135. The molecule has 0 aromatic carbocycles. The largest absolute Gasteiger partial charge is 0.354 e. The van der Waals surface area contributed by atoms with Crippen LogP contribution in [0.3, 0.4) is 0 Å². The maximum Gasteiger partial charge on any atom is 0.348 e. The van der Waals surface area contributed by atoms with Gasteiger partial charge in [0, 0.05) is 13.6 Å². The summed E-state index contributed by atoms with van der Waals surface area (Å²) in [5.41, 5.74) is -0.244. The van der Waals surface area contributed by atoms with E-state index in [1.165, 1.54) is 6.33 Å². The lowest BCUT2D eigenvalue weighted by Crippen LogP contribution is -2.24. The molecule has 0 unspecified atom stereocenters. The molecule has 1 heterocycles. The second kappa shape index (κ2) is 6.46. The van der Waals surface area contributed by atoms with Crippen LogP contribution in [0.5, 0.6) is 0 Å². The Morgan fingerprint density at radius 2 is 2.00 bits per heavy atom. The Morgan fingerprint density at radius 3 is 2.56 bits per heavy atom. The van der Waals surface area contributed by atoms with Gasteiger partial charge in [0.2, 0.25) is 11.0 Å². The van der Waals surface area contributed by atoms with Crippen LogP contribution in [-0.2, 0) is 0 Å². The van der Waals surface area contributed by atoms with Crippen LogP contribution in [0.15, 0.2) is 6.33 Å². The van der Waals surface area contributed by atoms with Crippen LogP contribution in [0.2, 0.25) is 5.15 Å². The first-order valence-electron chi connectivity index (χ1n) is 5.44. The number of rotatable bonds is 6. The van der Waals surface area contributed by atoms with Gasteiger partial charge in [-0.15, -0.1) is 0 Å². The molecule has 0 spiro atoms. The van der Waals surface area contributed by atoms with Gasteiger partial charge in [-0.3, -0.25) is 10.1 Å². The highest BCUT2D eigenvalue weighted by Gasteiger charge is 2.23. The molecule has 0 bridgehead atoms. The summed E-state index contributed by atoms with van der Waals surface area (Å²) >= 11 is 5.73. The Hall–Kier alpha value is -1.47. The molecule has 0 N–H and O–H groups in total. The van der Waals surface area contributed by atoms with Crippen molar-refractivity contribution in [3.8, 4) is 0 Å². The maximum absolute atomic E-state index is 10.9. The molecule has 0 saturated heterocycles. The van der Waals surface area contributed by atoms with E-state index < -0.39 is 4.92 Å². The van der Waals surface area contributed by atoms with E-state index in [0.717, 1.165) is 13.0 Å². The minimum atomic E-state index is -0.555. The van der Waals surface area contributed by atoms with Crippen molar-refractivity contribution in [1.82, 2.24) is 14.9 Å². The number of nitro groups is 1. The van der Waals surface area contributed by atoms with Crippen molar-refractivity contribution in [2.45, 2.75) is 6.42 Å². The van der Waals surface area contributed by atoms with Crippen LogP contribution in [0, 0.1) is 10.1 Å². The van der Waals surface area contributed by atoms with Gasteiger partial charge in [0.25, 0.3) is 0 Å². The van der Waals surface area contributed by atoms with E-state index in [2.05, 4.69) is 14.9 Å². The van der Waals surface area contributed by atoms with E-state index in [-0.39, 0.29) is 16.7 Å². The highest BCUT2D eigenvalue weighted by molar-refractivity contribution is 6.31. The molecule has 8 heteroatoms. The molecule has 0 fully saturated rings. The number of aromatic nitrogens is 2. The summed E-state index contributed by atoms with van der Waals surface area (Å²) in [6.45, 7) is 1.56. The Bertz CT molecular complexity index is 427. The molecule has 0 aliphatic rings. The highest BCUT2D eigenvalue weighted by atomic mass is 35.5. The highest BCUT2D eigenvalue weighted by Crippen LogP contribution is 2.30. The van der Waals surface area contributed by atoms with Crippen molar-refractivity contribution in [1.29, 1.82) is 0 Å². The summed E-state index contributed by atoms with van der Waals surface area (Å²) in [5, 5.41) is 10.8. The van der Waals surface area contributed by atoms with Crippen LogP contribution < -0.4 is 4.90 Å². The van der Waals surface area contributed by atoms with E-state index in [4.69, 9.17) is 11.6 Å². The van der Waals surface area contributed by atoms with Crippen LogP contribution in [0.25, 0.3) is 0 Å². The second-order valence-electron chi connectivity index (χ2n) is 4.17. The third-order valence-corrected chi connectivity index (χ3v) is 2.68. The molecule has 1 aromatic rings. The predicted molar refractivity (Wildman–Crippen MR) is 70.1 cm³/mol. The molecule has 7 nitrogen and oxygen atoms in total. The standard InChI is InChI=1S/C10H16ClN5O2/c1-14(2)5-4-6-15(3)10-8(16(17)18)9(11)12-7-13-10/h7H,4-6H2,1-3H3. The lowest BCUT2D eigenvalue weighted by Gasteiger charge is -2.19. The zero-order valence-corrected chi connectivity index (χ0v) is 11.4. The normalized spacial score (nSPS) is 10.7. The van der Waals surface area contributed by atoms with E-state index in [1.807, 2.05) is 14.1 Å². The SMILES string of the molecule is CN(C)CCCN(C)c1ncnc(Cl)c1[N+](=O)[O-]. The van der Waals surface area contributed by atoms with Crippen LogP contribution in [-0.4, -0.2) is 54.0 Å². The van der Waals surface area contributed by atoms with Gasteiger partial charge in [-0.25, -0.2) is 9.97 Å². The fraction of sp³-hybridized carbons (Fsp3) is 0.600. The second-order valence-corrected chi connectivity index (χ2v) is 4.53. The zero-order chi connectivity index (χ0) is 13.7. The summed E-state index contributed by atoms with van der Waals surface area (Å²) in [4.78, 5) is 21.7. The predicted octanol–water partition coefficient (Wildman–Crippen LogP) is 1.43. The van der Waals surface area contributed by atoms with Gasteiger partial charge < -0.3 is 9.80 Å². The summed E-state index contributed by atoms with van der Waals surface area (Å²) in [6.07, 6.45) is 2.11. The molecule has 0 saturated carbocycles. The van der Waals surface area contributed by atoms with Crippen molar-refractivity contribution < 1.29 is 4.92 Å². The van der Waals surface area contributed by atoms with Gasteiger partial charge in [0.1, 0.15) is 6.33 Å². The summed E-state index contributed by atoms with van der Waals surface area (Å²) in [7, 11) is 5.70. The first-order chi connectivity index (χ1) is 8.43. The van der Waals surface area contributed by atoms with Gasteiger partial charge in [-0.05, 0) is 27.1 Å². The van der Waals surface area contributed by atoms with Gasteiger partial charge >= 0.3 is 5.69 Å². The van der Waals surface area contributed by atoms with Crippen LogP contribution in [0.1, 0.15) is 6.42 Å². The Kier molecular flexibility index (Phi) is 5.24. The fourth-order valence-electron chi connectivity index (χ4n) is 1.52. The molecular weight excluding hydrogens is 258 g/mol. The molecule has 0 radical (unpaired) electrons. The third-order valence-electron chi connectivity index (χ3n) is 2.40. The van der Waals surface area contributed by atoms with E-state index in [0.29, 0.717) is 6.54 Å². The molecule has 0 aliphatic carbocycles. The maximum atomic E-state index is 10.9. The van der Waals surface area contributed by atoms with Gasteiger partial charge in [-0.2, -0.15) is 0 Å². The molecule has 100 valence electrons. The Labute approximate surface area is 111 Å². The molecule has 0 atom stereocenters. The molecule has 0 aliphatic heterocycles. The first kappa shape index (κ1) is 14.6. The number of halogens is 1. The van der Waals surface area contributed by atoms with E-state index in [9.17, 15) is 10.1 Å². The lowest BCUT2D eigenvalue weighted by atomic mass is 10.3. The van der Waals surface area contributed by atoms with Gasteiger partial charge in [-0.1, -0.05) is 11.6 Å². The van der Waals surface area contributed by atoms with Crippen molar-refractivity contribution in [2.24, 2.45) is 0 Å². The Balaban J connectivity index is 2.82. The number of hydrogen-bond acceptors (Lipinski definition) is 6. The topological polar surface area (TPSA) is 75.4 Å². The van der Waals surface area contributed by atoms with Gasteiger partial charge in [0.15, 0.2) is 0 Å². The van der Waals surface area contributed by atoms with Gasteiger partial charge in [0.05, 0.1) is 4.92 Å². The Morgan fingerprint density at radius 1 is 1.33 bits per heavy atom. The monoisotopic (exact) mass is 273 g/mol. The summed E-state index contributed by atoms with van der Waals surface area (Å²) in [6, 6.07) is 0. The number of nitrogens with zero attached hydrogens (tertiary/aromatic N) is 5. The average molecular weight is 274 g/mol. The van der Waals surface area contributed by atoms with Crippen molar-refractivity contribution in [3.05, 3.63) is 21.6 Å². The van der Waals surface area contributed by atoms with Crippen molar-refractivity contribution in [2.75, 3.05) is 39.1 Å². The van der Waals surface area contributed by atoms with Crippen LogP contribution in [0.4, 0.5) is 11.5 Å². The molecule has 18 heavy (non-hydrogen) atoms. The molecule has 0 amide bonds. The molecular formula is C10H16ClN5O2. The number of anilines is 1. The minimum Gasteiger partial charge on any atom is -0.354 e. The number of hydrogen-bond donors (Lipinski definition) is 0.